The highest BCUT2D eigenvalue weighted by Crippen LogP contribution is 2.23. The number of rotatable bonds is 4. The molecule has 0 aliphatic carbocycles. The number of pyridine rings is 1. The lowest BCUT2D eigenvalue weighted by Crippen LogP contribution is -2.00. The van der Waals surface area contributed by atoms with Crippen LogP contribution >= 0.6 is 0 Å². The molecule has 0 spiro atoms. The third-order valence-corrected chi connectivity index (χ3v) is 2.52. The van der Waals surface area contributed by atoms with Crippen LogP contribution < -0.4 is 11.5 Å². The van der Waals surface area contributed by atoms with Crippen molar-refractivity contribution in [3.05, 3.63) is 30.0 Å². The topological polar surface area (TPSA) is 74.2 Å². The van der Waals surface area contributed by atoms with E-state index in [9.17, 15) is 0 Å². The summed E-state index contributed by atoms with van der Waals surface area (Å²) in [6.07, 6.45) is 1.000. The standard InChI is InChI=1S/C13H17N3O/c1-2-5-17-8-10-7-12(15)11-6-9(14)3-4-13(11)16-10/h3-4,6-7H,2,5,8,14H2,1H3,(H2,15,16). The third kappa shape index (κ3) is 2.65. The summed E-state index contributed by atoms with van der Waals surface area (Å²) in [4.78, 5) is 4.49. The Hall–Kier alpha value is -1.81. The Morgan fingerprint density at radius 2 is 2.06 bits per heavy atom. The molecule has 0 amide bonds. The molecule has 0 bridgehead atoms. The van der Waals surface area contributed by atoms with Crippen molar-refractivity contribution < 1.29 is 4.74 Å². The fourth-order valence-corrected chi connectivity index (χ4v) is 1.72. The minimum absolute atomic E-state index is 0.498. The molecule has 2 rings (SSSR count). The summed E-state index contributed by atoms with van der Waals surface area (Å²) < 4.78 is 5.45. The van der Waals surface area contributed by atoms with E-state index in [1.807, 2.05) is 24.3 Å². The van der Waals surface area contributed by atoms with Gasteiger partial charge in [-0.1, -0.05) is 6.92 Å². The molecule has 0 fully saturated rings. The van der Waals surface area contributed by atoms with E-state index in [0.717, 1.165) is 29.6 Å². The van der Waals surface area contributed by atoms with Crippen LogP contribution in [0.5, 0.6) is 0 Å². The number of aromatic nitrogens is 1. The summed E-state index contributed by atoms with van der Waals surface area (Å²) in [5.74, 6) is 0. The Morgan fingerprint density at radius 3 is 2.82 bits per heavy atom. The van der Waals surface area contributed by atoms with Gasteiger partial charge in [-0.3, -0.25) is 4.98 Å². The quantitative estimate of drug-likeness (QED) is 0.625. The van der Waals surface area contributed by atoms with E-state index in [-0.39, 0.29) is 0 Å². The highest BCUT2D eigenvalue weighted by Gasteiger charge is 2.04. The number of nitrogens with two attached hydrogens (primary N) is 2. The van der Waals surface area contributed by atoms with Gasteiger partial charge in [0.25, 0.3) is 0 Å². The molecular formula is C13H17N3O. The molecular weight excluding hydrogens is 214 g/mol. The molecule has 0 radical (unpaired) electrons. The number of hydrogen-bond acceptors (Lipinski definition) is 4. The summed E-state index contributed by atoms with van der Waals surface area (Å²) in [6, 6.07) is 7.39. The van der Waals surface area contributed by atoms with Crippen molar-refractivity contribution in [1.29, 1.82) is 0 Å². The molecule has 1 heterocycles. The first-order valence-corrected chi connectivity index (χ1v) is 5.73. The Balaban J connectivity index is 2.32. The molecule has 0 aliphatic heterocycles. The van der Waals surface area contributed by atoms with E-state index < -0.39 is 0 Å². The number of hydrogen-bond donors (Lipinski definition) is 2. The average molecular weight is 231 g/mol. The first-order valence-electron chi connectivity index (χ1n) is 5.73. The van der Waals surface area contributed by atoms with Crippen molar-refractivity contribution in [2.75, 3.05) is 18.1 Å². The first-order chi connectivity index (χ1) is 8.20. The van der Waals surface area contributed by atoms with Gasteiger partial charge in [-0.25, -0.2) is 0 Å². The minimum atomic E-state index is 0.498. The largest absolute Gasteiger partial charge is 0.399 e. The van der Waals surface area contributed by atoms with Gasteiger partial charge in [-0.05, 0) is 30.7 Å². The molecule has 0 saturated heterocycles. The van der Waals surface area contributed by atoms with Crippen LogP contribution in [0.15, 0.2) is 24.3 Å². The van der Waals surface area contributed by atoms with E-state index in [4.69, 9.17) is 16.2 Å². The maximum Gasteiger partial charge on any atom is 0.0888 e. The highest BCUT2D eigenvalue weighted by molar-refractivity contribution is 5.92. The van der Waals surface area contributed by atoms with Crippen LogP contribution in [0.25, 0.3) is 10.9 Å². The Kier molecular flexibility index (Phi) is 3.44. The molecule has 1 aromatic carbocycles. The zero-order valence-electron chi connectivity index (χ0n) is 9.94. The zero-order valence-corrected chi connectivity index (χ0v) is 9.94. The van der Waals surface area contributed by atoms with Crippen molar-refractivity contribution >= 4 is 22.3 Å². The molecule has 0 atom stereocenters. The fourth-order valence-electron chi connectivity index (χ4n) is 1.72. The predicted molar refractivity (Wildman–Crippen MR) is 70.5 cm³/mol. The Labute approximate surface area is 101 Å². The second kappa shape index (κ2) is 5.01. The van der Waals surface area contributed by atoms with E-state index in [1.165, 1.54) is 0 Å². The smallest absolute Gasteiger partial charge is 0.0888 e. The van der Waals surface area contributed by atoms with Crippen LogP contribution in [0.2, 0.25) is 0 Å². The second-order valence-corrected chi connectivity index (χ2v) is 4.03. The summed E-state index contributed by atoms with van der Waals surface area (Å²) in [6.45, 7) is 3.31. The van der Waals surface area contributed by atoms with Crippen molar-refractivity contribution in [3.63, 3.8) is 0 Å². The second-order valence-electron chi connectivity index (χ2n) is 4.03. The van der Waals surface area contributed by atoms with Gasteiger partial charge in [-0.2, -0.15) is 0 Å². The van der Waals surface area contributed by atoms with Gasteiger partial charge in [0.05, 0.1) is 17.8 Å². The Morgan fingerprint density at radius 1 is 1.24 bits per heavy atom. The van der Waals surface area contributed by atoms with Crippen LogP contribution in [0.3, 0.4) is 0 Å². The molecule has 1 aromatic heterocycles. The lowest BCUT2D eigenvalue weighted by molar-refractivity contribution is 0.119. The van der Waals surface area contributed by atoms with Gasteiger partial charge in [0.1, 0.15) is 0 Å². The van der Waals surface area contributed by atoms with Gasteiger partial charge in [0, 0.05) is 23.4 Å². The van der Waals surface area contributed by atoms with Crippen LogP contribution in [0, 0.1) is 0 Å². The highest BCUT2D eigenvalue weighted by atomic mass is 16.5. The fraction of sp³-hybridized carbons (Fsp3) is 0.308. The van der Waals surface area contributed by atoms with Gasteiger partial charge < -0.3 is 16.2 Å². The number of anilines is 2. The molecule has 4 heteroatoms. The van der Waals surface area contributed by atoms with E-state index >= 15 is 0 Å². The zero-order chi connectivity index (χ0) is 12.3. The van der Waals surface area contributed by atoms with Crippen LogP contribution in [0.1, 0.15) is 19.0 Å². The number of ether oxygens (including phenoxy) is 1. The van der Waals surface area contributed by atoms with E-state index in [2.05, 4.69) is 11.9 Å². The normalized spacial score (nSPS) is 10.9. The third-order valence-electron chi connectivity index (χ3n) is 2.52. The van der Waals surface area contributed by atoms with Gasteiger partial charge in [0.15, 0.2) is 0 Å². The molecule has 2 aromatic rings. The van der Waals surface area contributed by atoms with Gasteiger partial charge in [-0.15, -0.1) is 0 Å². The number of nitrogens with zero attached hydrogens (tertiary/aromatic N) is 1. The van der Waals surface area contributed by atoms with Crippen LogP contribution in [-0.4, -0.2) is 11.6 Å². The molecule has 17 heavy (non-hydrogen) atoms. The molecule has 4 nitrogen and oxygen atoms in total. The summed E-state index contributed by atoms with van der Waals surface area (Å²) >= 11 is 0. The van der Waals surface area contributed by atoms with Crippen LogP contribution in [0.4, 0.5) is 11.4 Å². The number of nitrogen functional groups attached to an aromatic ring is 2. The predicted octanol–water partition coefficient (Wildman–Crippen LogP) is 2.33. The van der Waals surface area contributed by atoms with E-state index in [0.29, 0.717) is 18.0 Å². The monoisotopic (exact) mass is 231 g/mol. The maximum absolute atomic E-state index is 5.98. The van der Waals surface area contributed by atoms with E-state index in [1.54, 1.807) is 0 Å². The molecule has 0 unspecified atom stereocenters. The molecule has 4 N–H and O–H groups in total. The van der Waals surface area contributed by atoms with Gasteiger partial charge in [0.2, 0.25) is 0 Å². The number of benzene rings is 1. The first kappa shape index (κ1) is 11.7. The van der Waals surface area contributed by atoms with Gasteiger partial charge >= 0.3 is 0 Å². The average Bonchev–Trinajstić information content (AvgIpc) is 2.31. The lowest BCUT2D eigenvalue weighted by Gasteiger charge is -2.07. The van der Waals surface area contributed by atoms with Crippen molar-refractivity contribution in [2.24, 2.45) is 0 Å². The SMILES string of the molecule is CCCOCc1cc(N)c2cc(N)ccc2n1. The summed E-state index contributed by atoms with van der Waals surface area (Å²) in [5.41, 5.74) is 14.8. The summed E-state index contributed by atoms with van der Waals surface area (Å²) in [5, 5.41) is 0.893. The van der Waals surface area contributed by atoms with Crippen molar-refractivity contribution in [1.82, 2.24) is 4.98 Å². The lowest BCUT2D eigenvalue weighted by atomic mass is 10.1. The minimum Gasteiger partial charge on any atom is -0.399 e. The molecule has 0 aliphatic rings. The molecule has 90 valence electrons. The molecule has 0 saturated carbocycles. The maximum atomic E-state index is 5.98. The Bertz CT molecular complexity index is 525. The van der Waals surface area contributed by atoms with Crippen molar-refractivity contribution in [3.8, 4) is 0 Å². The van der Waals surface area contributed by atoms with Crippen molar-refractivity contribution in [2.45, 2.75) is 20.0 Å². The van der Waals surface area contributed by atoms with Crippen LogP contribution in [-0.2, 0) is 11.3 Å². The number of fused-ring (bicyclic) bond motifs is 1. The summed E-state index contributed by atoms with van der Waals surface area (Å²) in [7, 11) is 0.